The first-order chi connectivity index (χ1) is 12.2. The summed E-state index contributed by atoms with van der Waals surface area (Å²) in [5.74, 6) is 1.46. The molecule has 2 aromatic heterocycles. The lowest BCUT2D eigenvalue weighted by Gasteiger charge is -2.42. The van der Waals surface area contributed by atoms with Crippen molar-refractivity contribution >= 4 is 41.3 Å². The van der Waals surface area contributed by atoms with Crippen LogP contribution in [0.2, 0.25) is 0 Å². The largest absolute Gasteiger partial charge is 0.443 e. The quantitative estimate of drug-likeness (QED) is 0.334. The summed E-state index contributed by atoms with van der Waals surface area (Å²) in [6, 6.07) is 4.00. The Kier molecular flexibility index (Phi) is 8.36. The molecule has 1 saturated carbocycles. The highest BCUT2D eigenvalue weighted by Crippen LogP contribution is 2.43. The van der Waals surface area contributed by atoms with Crippen molar-refractivity contribution in [2.24, 2.45) is 10.4 Å². The van der Waals surface area contributed by atoms with E-state index >= 15 is 0 Å². The molecule has 0 atom stereocenters. The van der Waals surface area contributed by atoms with Crippen molar-refractivity contribution < 1.29 is 9.15 Å². The molecule has 0 amide bonds. The minimum atomic E-state index is 0. The molecule has 1 fully saturated rings. The molecular formula is C18H27IN4O2S. The number of nitrogens with zero attached hydrogens (tertiary/aromatic N) is 2. The number of guanidine groups is 1. The molecule has 6 nitrogen and oxygen atoms in total. The van der Waals surface area contributed by atoms with Crippen molar-refractivity contribution in [2.45, 2.75) is 32.2 Å². The van der Waals surface area contributed by atoms with Gasteiger partial charge in [0.1, 0.15) is 6.26 Å². The second kappa shape index (κ2) is 10.3. The molecule has 26 heavy (non-hydrogen) atoms. The van der Waals surface area contributed by atoms with Crippen LogP contribution in [0.25, 0.3) is 10.8 Å². The van der Waals surface area contributed by atoms with E-state index in [1.54, 1.807) is 31.8 Å². The number of hydrogen-bond donors (Lipinski definition) is 2. The third-order valence-corrected chi connectivity index (χ3v) is 5.68. The van der Waals surface area contributed by atoms with Crippen LogP contribution < -0.4 is 10.6 Å². The van der Waals surface area contributed by atoms with Crippen LogP contribution in [0.1, 0.15) is 31.4 Å². The number of oxazole rings is 1. The summed E-state index contributed by atoms with van der Waals surface area (Å²) in [5.41, 5.74) is 1.22. The third kappa shape index (κ3) is 5.43. The van der Waals surface area contributed by atoms with E-state index in [-0.39, 0.29) is 24.0 Å². The van der Waals surface area contributed by atoms with Gasteiger partial charge in [0.15, 0.2) is 5.96 Å². The highest BCUT2D eigenvalue weighted by atomic mass is 127. The van der Waals surface area contributed by atoms with Gasteiger partial charge in [0, 0.05) is 27.3 Å². The minimum absolute atomic E-state index is 0. The van der Waals surface area contributed by atoms with Crippen LogP contribution in [-0.4, -0.2) is 38.3 Å². The summed E-state index contributed by atoms with van der Waals surface area (Å²) >= 11 is 1.62. The van der Waals surface area contributed by atoms with E-state index in [0.717, 1.165) is 36.1 Å². The van der Waals surface area contributed by atoms with E-state index in [0.29, 0.717) is 17.9 Å². The van der Waals surface area contributed by atoms with E-state index in [4.69, 9.17) is 9.15 Å². The topological polar surface area (TPSA) is 71.7 Å². The first-order valence-electron chi connectivity index (χ1n) is 8.66. The summed E-state index contributed by atoms with van der Waals surface area (Å²) in [4.78, 5) is 9.87. The Morgan fingerprint density at radius 2 is 2.27 bits per heavy atom. The standard InChI is InChI=1S/C18H26N4O2S.HI/c1-19-17(21-13-18(6-4-7-18)8-9-23-2)20-11-14-12-24-16(22-14)15-5-3-10-25-15;/h3,5,10,12H,4,6-9,11,13H2,1-2H3,(H2,19,20,21);1H. The van der Waals surface area contributed by atoms with Gasteiger partial charge >= 0.3 is 0 Å². The molecule has 2 heterocycles. The summed E-state index contributed by atoms with van der Waals surface area (Å²) in [6.07, 6.45) is 6.62. The van der Waals surface area contributed by atoms with E-state index in [1.807, 2.05) is 17.5 Å². The molecule has 0 bridgehead atoms. The maximum absolute atomic E-state index is 5.55. The number of nitrogens with one attached hydrogen (secondary N) is 2. The molecule has 0 aliphatic heterocycles. The van der Waals surface area contributed by atoms with Gasteiger partial charge < -0.3 is 19.8 Å². The van der Waals surface area contributed by atoms with Gasteiger partial charge in [0.05, 0.1) is 17.1 Å². The number of aromatic nitrogens is 1. The molecule has 144 valence electrons. The van der Waals surface area contributed by atoms with E-state index in [2.05, 4.69) is 20.6 Å². The van der Waals surface area contributed by atoms with E-state index in [1.165, 1.54) is 19.3 Å². The number of methoxy groups -OCH3 is 1. The first kappa shape index (κ1) is 21.2. The Hall–Kier alpha value is -1.13. The number of ether oxygens (including phenoxy) is 1. The first-order valence-corrected chi connectivity index (χ1v) is 9.54. The molecule has 8 heteroatoms. The van der Waals surface area contributed by atoms with Gasteiger partial charge in [0.2, 0.25) is 5.89 Å². The predicted molar refractivity (Wildman–Crippen MR) is 116 cm³/mol. The van der Waals surface area contributed by atoms with E-state index in [9.17, 15) is 0 Å². The Bertz CT molecular complexity index is 683. The van der Waals surface area contributed by atoms with Crippen molar-refractivity contribution in [2.75, 3.05) is 27.3 Å². The molecule has 1 aliphatic rings. The van der Waals surface area contributed by atoms with Crippen LogP contribution in [-0.2, 0) is 11.3 Å². The molecule has 0 unspecified atom stereocenters. The molecule has 0 saturated heterocycles. The zero-order chi connectivity index (χ0) is 17.5. The second-order valence-electron chi connectivity index (χ2n) is 6.50. The van der Waals surface area contributed by atoms with Crippen LogP contribution in [0.15, 0.2) is 33.2 Å². The van der Waals surface area contributed by atoms with Gasteiger partial charge in [-0.2, -0.15) is 0 Å². The number of hydrogen-bond acceptors (Lipinski definition) is 5. The highest BCUT2D eigenvalue weighted by Gasteiger charge is 2.36. The lowest BCUT2D eigenvalue weighted by molar-refractivity contribution is 0.0732. The molecule has 1 aliphatic carbocycles. The monoisotopic (exact) mass is 490 g/mol. The molecule has 3 rings (SSSR count). The molecular weight excluding hydrogens is 463 g/mol. The second-order valence-corrected chi connectivity index (χ2v) is 7.44. The summed E-state index contributed by atoms with van der Waals surface area (Å²) < 4.78 is 10.8. The van der Waals surface area contributed by atoms with Crippen LogP contribution >= 0.6 is 35.3 Å². The number of halogens is 1. The van der Waals surface area contributed by atoms with E-state index < -0.39 is 0 Å². The lowest BCUT2D eigenvalue weighted by Crippen LogP contribution is -2.46. The predicted octanol–water partition coefficient (Wildman–Crippen LogP) is 3.89. The van der Waals surface area contributed by atoms with Crippen LogP contribution in [0.3, 0.4) is 0 Å². The highest BCUT2D eigenvalue weighted by molar-refractivity contribution is 14.0. The Balaban J connectivity index is 0.00000243. The molecule has 2 aromatic rings. The smallest absolute Gasteiger partial charge is 0.236 e. The maximum atomic E-state index is 5.55. The Morgan fingerprint density at radius 3 is 2.88 bits per heavy atom. The molecule has 2 N–H and O–H groups in total. The van der Waals surface area contributed by atoms with Crippen LogP contribution in [0, 0.1) is 5.41 Å². The lowest BCUT2D eigenvalue weighted by atomic mass is 9.67. The van der Waals surface area contributed by atoms with Gasteiger partial charge in [-0.3, -0.25) is 4.99 Å². The van der Waals surface area contributed by atoms with Gasteiger partial charge in [-0.05, 0) is 36.1 Å². The average Bonchev–Trinajstić information content (AvgIpc) is 3.27. The minimum Gasteiger partial charge on any atom is -0.443 e. The fraction of sp³-hybridized carbons (Fsp3) is 0.556. The zero-order valence-corrected chi connectivity index (χ0v) is 18.4. The molecule has 0 spiro atoms. The van der Waals surface area contributed by atoms with Gasteiger partial charge in [-0.1, -0.05) is 12.5 Å². The SMILES string of the molecule is CN=C(NCc1coc(-c2cccs2)n1)NCC1(CCOC)CCC1.I. The number of rotatable bonds is 8. The third-order valence-electron chi connectivity index (χ3n) is 4.83. The fourth-order valence-electron chi connectivity index (χ4n) is 3.08. The summed E-state index contributed by atoms with van der Waals surface area (Å²) in [5, 5.41) is 8.78. The summed E-state index contributed by atoms with van der Waals surface area (Å²) in [7, 11) is 3.56. The molecule has 0 radical (unpaired) electrons. The summed E-state index contributed by atoms with van der Waals surface area (Å²) in [6.45, 7) is 2.33. The van der Waals surface area contributed by atoms with Gasteiger partial charge in [0.25, 0.3) is 0 Å². The van der Waals surface area contributed by atoms with Crippen LogP contribution in [0.4, 0.5) is 0 Å². The fourth-order valence-corrected chi connectivity index (χ4v) is 3.73. The van der Waals surface area contributed by atoms with Crippen molar-refractivity contribution in [1.82, 2.24) is 15.6 Å². The molecule has 0 aromatic carbocycles. The van der Waals surface area contributed by atoms with Crippen molar-refractivity contribution in [3.63, 3.8) is 0 Å². The van der Waals surface area contributed by atoms with Crippen LogP contribution in [0.5, 0.6) is 0 Å². The Morgan fingerprint density at radius 1 is 1.42 bits per heavy atom. The van der Waals surface area contributed by atoms with Gasteiger partial charge in [-0.15, -0.1) is 35.3 Å². The zero-order valence-electron chi connectivity index (χ0n) is 15.3. The van der Waals surface area contributed by atoms with Crippen molar-refractivity contribution in [1.29, 1.82) is 0 Å². The van der Waals surface area contributed by atoms with Gasteiger partial charge in [-0.25, -0.2) is 4.98 Å². The average molecular weight is 490 g/mol. The number of thiophene rings is 1. The Labute approximate surface area is 175 Å². The number of aliphatic imine (C=N–C) groups is 1. The van der Waals surface area contributed by atoms with Crippen molar-refractivity contribution in [3.8, 4) is 10.8 Å². The maximum Gasteiger partial charge on any atom is 0.236 e. The normalized spacial score (nSPS) is 15.8. The van der Waals surface area contributed by atoms with Crippen molar-refractivity contribution in [3.05, 3.63) is 29.5 Å².